The highest BCUT2D eigenvalue weighted by atomic mass is 35.5. The number of carboxylic acids is 1. The molecule has 0 bridgehead atoms. The van der Waals surface area contributed by atoms with Gasteiger partial charge in [0.15, 0.2) is 11.5 Å². The standard InChI is InChI=1S/C21H21Cl2N5O6S/c1-33-16-7-12-15(10-17(16)34-2)25-21(26-19(12)24)27-3-5-28(6-4-27)35(31,32)18-8-11(20(29)30)13(22)9-14(18)23/h7-10H,3-6H2,1-2H3,(H,29,30)(H2,24,25,26). The van der Waals surface area contributed by atoms with Crippen LogP contribution in [-0.2, 0) is 10.0 Å². The van der Waals surface area contributed by atoms with Gasteiger partial charge in [0.2, 0.25) is 16.0 Å². The van der Waals surface area contributed by atoms with Gasteiger partial charge < -0.3 is 25.2 Å². The summed E-state index contributed by atoms with van der Waals surface area (Å²) in [6.45, 7) is 0.733. The number of rotatable bonds is 6. The Hall–Kier alpha value is -3.06. The molecule has 1 aliphatic rings. The van der Waals surface area contributed by atoms with Gasteiger partial charge in [0.25, 0.3) is 0 Å². The van der Waals surface area contributed by atoms with Gasteiger partial charge in [-0.25, -0.2) is 18.2 Å². The second-order valence-electron chi connectivity index (χ2n) is 7.59. The van der Waals surface area contributed by atoms with E-state index < -0.39 is 16.0 Å². The van der Waals surface area contributed by atoms with Gasteiger partial charge in [-0.1, -0.05) is 23.2 Å². The monoisotopic (exact) mass is 541 g/mol. The van der Waals surface area contributed by atoms with Gasteiger partial charge in [-0.2, -0.15) is 9.29 Å². The number of hydrogen-bond acceptors (Lipinski definition) is 9. The molecule has 0 unspecified atom stereocenters. The molecule has 3 aromatic rings. The van der Waals surface area contributed by atoms with Gasteiger partial charge >= 0.3 is 5.97 Å². The van der Waals surface area contributed by atoms with Crippen LogP contribution in [-0.4, -0.2) is 74.2 Å². The van der Waals surface area contributed by atoms with E-state index in [0.29, 0.717) is 28.4 Å². The van der Waals surface area contributed by atoms with E-state index in [2.05, 4.69) is 9.97 Å². The van der Waals surface area contributed by atoms with E-state index in [1.54, 1.807) is 12.1 Å². The normalized spacial score (nSPS) is 14.8. The third kappa shape index (κ3) is 4.61. The number of aromatic carboxylic acids is 1. The van der Waals surface area contributed by atoms with Gasteiger partial charge in [-0.3, -0.25) is 0 Å². The number of piperazine rings is 1. The van der Waals surface area contributed by atoms with E-state index in [-0.39, 0.29) is 52.5 Å². The zero-order valence-corrected chi connectivity index (χ0v) is 21.0. The fourth-order valence-electron chi connectivity index (χ4n) is 3.77. The number of hydrogen-bond donors (Lipinski definition) is 2. The number of sulfonamides is 1. The summed E-state index contributed by atoms with van der Waals surface area (Å²) in [6, 6.07) is 5.48. The molecule has 1 aromatic heterocycles. The van der Waals surface area contributed by atoms with Crippen LogP contribution in [0.2, 0.25) is 10.0 Å². The van der Waals surface area contributed by atoms with Crippen molar-refractivity contribution in [3.63, 3.8) is 0 Å². The molecule has 0 saturated carbocycles. The number of ether oxygens (including phenoxy) is 2. The van der Waals surface area contributed by atoms with E-state index in [1.165, 1.54) is 18.5 Å². The molecule has 2 heterocycles. The highest BCUT2D eigenvalue weighted by Gasteiger charge is 2.32. The Morgan fingerprint density at radius 3 is 2.23 bits per heavy atom. The molecule has 2 aromatic carbocycles. The minimum atomic E-state index is -4.07. The number of aromatic nitrogens is 2. The van der Waals surface area contributed by atoms with Crippen molar-refractivity contribution in [3.8, 4) is 11.5 Å². The maximum absolute atomic E-state index is 13.2. The first-order chi connectivity index (χ1) is 16.6. The molecule has 35 heavy (non-hydrogen) atoms. The molecule has 0 radical (unpaired) electrons. The lowest BCUT2D eigenvalue weighted by molar-refractivity contribution is 0.0697. The Bertz CT molecular complexity index is 1430. The summed E-state index contributed by atoms with van der Waals surface area (Å²) in [6.07, 6.45) is 0. The van der Waals surface area contributed by atoms with E-state index in [0.717, 1.165) is 12.1 Å². The number of carbonyl (C=O) groups is 1. The van der Waals surface area contributed by atoms with E-state index >= 15 is 0 Å². The molecule has 0 amide bonds. The lowest BCUT2D eigenvalue weighted by atomic mass is 10.2. The van der Waals surface area contributed by atoms with Crippen LogP contribution in [0.15, 0.2) is 29.2 Å². The molecule has 11 nitrogen and oxygen atoms in total. The van der Waals surface area contributed by atoms with Crippen LogP contribution in [0.4, 0.5) is 11.8 Å². The predicted octanol–water partition coefficient (Wildman–Crippen LogP) is 2.75. The van der Waals surface area contributed by atoms with Gasteiger partial charge in [-0.05, 0) is 18.2 Å². The number of nitrogen functional groups attached to an aromatic ring is 1. The Labute approximate surface area is 211 Å². The number of nitrogens with two attached hydrogens (primary N) is 1. The summed E-state index contributed by atoms with van der Waals surface area (Å²) in [4.78, 5) is 21.9. The van der Waals surface area contributed by atoms with Crippen molar-refractivity contribution in [2.75, 3.05) is 51.0 Å². The first-order valence-corrected chi connectivity index (χ1v) is 12.4. The number of carboxylic acid groups (broad SMARTS) is 1. The smallest absolute Gasteiger partial charge is 0.337 e. The summed E-state index contributed by atoms with van der Waals surface area (Å²) in [7, 11) is -1.04. The molecular weight excluding hydrogens is 521 g/mol. The lowest BCUT2D eigenvalue weighted by Crippen LogP contribution is -2.49. The summed E-state index contributed by atoms with van der Waals surface area (Å²) < 4.78 is 38.3. The molecule has 1 fully saturated rings. The minimum absolute atomic E-state index is 0.0942. The van der Waals surface area contributed by atoms with Crippen LogP contribution < -0.4 is 20.1 Å². The average Bonchev–Trinajstić information content (AvgIpc) is 2.82. The third-order valence-corrected chi connectivity index (χ3v) is 8.29. The van der Waals surface area contributed by atoms with Gasteiger partial charge in [-0.15, -0.1) is 0 Å². The van der Waals surface area contributed by atoms with Crippen LogP contribution in [0, 0.1) is 0 Å². The Morgan fingerprint density at radius 2 is 1.63 bits per heavy atom. The van der Waals surface area contributed by atoms with Crippen LogP contribution in [0.3, 0.4) is 0 Å². The van der Waals surface area contributed by atoms with Crippen molar-refractivity contribution in [1.82, 2.24) is 14.3 Å². The van der Waals surface area contributed by atoms with Crippen molar-refractivity contribution in [3.05, 3.63) is 39.9 Å². The highest BCUT2D eigenvalue weighted by Crippen LogP contribution is 2.35. The fourth-order valence-corrected chi connectivity index (χ4v) is 6.02. The van der Waals surface area contributed by atoms with Crippen LogP contribution >= 0.6 is 23.2 Å². The van der Waals surface area contributed by atoms with E-state index in [1.807, 2.05) is 4.90 Å². The zero-order chi connectivity index (χ0) is 25.5. The molecule has 0 aliphatic carbocycles. The maximum Gasteiger partial charge on any atom is 0.337 e. The highest BCUT2D eigenvalue weighted by molar-refractivity contribution is 7.89. The average molecular weight is 542 g/mol. The molecule has 0 atom stereocenters. The largest absolute Gasteiger partial charge is 0.493 e. The van der Waals surface area contributed by atoms with Gasteiger partial charge in [0, 0.05) is 37.6 Å². The summed E-state index contributed by atoms with van der Waals surface area (Å²) in [5, 5.41) is 9.59. The Morgan fingerprint density at radius 1 is 1.00 bits per heavy atom. The third-order valence-electron chi connectivity index (χ3n) is 5.61. The van der Waals surface area contributed by atoms with Crippen LogP contribution in [0.5, 0.6) is 11.5 Å². The molecule has 1 aliphatic heterocycles. The molecule has 186 valence electrons. The molecular formula is C21H21Cl2N5O6S. The number of halogens is 2. The van der Waals surface area contributed by atoms with Gasteiger partial charge in [0.05, 0.1) is 35.3 Å². The van der Waals surface area contributed by atoms with Gasteiger partial charge in [0.1, 0.15) is 10.7 Å². The van der Waals surface area contributed by atoms with Crippen molar-refractivity contribution < 1.29 is 27.8 Å². The number of methoxy groups -OCH3 is 2. The first-order valence-electron chi connectivity index (χ1n) is 10.2. The summed E-state index contributed by atoms with van der Waals surface area (Å²) >= 11 is 12.0. The molecule has 1 saturated heterocycles. The van der Waals surface area contributed by atoms with Crippen LogP contribution in [0.25, 0.3) is 10.9 Å². The number of nitrogens with zero attached hydrogens (tertiary/aromatic N) is 4. The van der Waals surface area contributed by atoms with E-state index in [9.17, 15) is 18.3 Å². The first kappa shape index (κ1) is 25.0. The second kappa shape index (κ2) is 9.53. The van der Waals surface area contributed by atoms with Crippen LogP contribution in [0.1, 0.15) is 10.4 Å². The van der Waals surface area contributed by atoms with Crippen molar-refractivity contribution in [1.29, 1.82) is 0 Å². The summed E-state index contributed by atoms with van der Waals surface area (Å²) in [5.41, 5.74) is 6.37. The lowest BCUT2D eigenvalue weighted by Gasteiger charge is -2.34. The zero-order valence-electron chi connectivity index (χ0n) is 18.7. The topological polar surface area (TPSA) is 148 Å². The second-order valence-corrected chi connectivity index (χ2v) is 10.3. The van der Waals surface area contributed by atoms with Crippen molar-refractivity contribution >= 4 is 61.9 Å². The predicted molar refractivity (Wildman–Crippen MR) is 131 cm³/mol. The quantitative estimate of drug-likeness (QED) is 0.476. The SMILES string of the molecule is COc1cc2nc(N3CCN(S(=O)(=O)c4cc(C(=O)O)c(Cl)cc4Cl)CC3)nc(N)c2cc1OC. The Balaban J connectivity index is 1.59. The number of anilines is 2. The van der Waals surface area contributed by atoms with E-state index in [4.69, 9.17) is 38.4 Å². The maximum atomic E-state index is 13.2. The van der Waals surface area contributed by atoms with Crippen molar-refractivity contribution in [2.45, 2.75) is 4.90 Å². The molecule has 3 N–H and O–H groups in total. The molecule has 0 spiro atoms. The van der Waals surface area contributed by atoms with Crippen molar-refractivity contribution in [2.24, 2.45) is 0 Å². The number of benzene rings is 2. The summed E-state index contributed by atoms with van der Waals surface area (Å²) in [5.74, 6) is 0.217. The number of fused-ring (bicyclic) bond motifs is 1. The Kier molecular flexibility index (Phi) is 6.82. The molecule has 4 rings (SSSR count). The fraction of sp³-hybridized carbons (Fsp3) is 0.286. The molecule has 14 heteroatoms. The minimum Gasteiger partial charge on any atom is -0.493 e.